The van der Waals surface area contributed by atoms with E-state index in [-0.39, 0.29) is 5.82 Å². The summed E-state index contributed by atoms with van der Waals surface area (Å²) in [5.74, 6) is 0.865. The zero-order valence-electron chi connectivity index (χ0n) is 11.5. The van der Waals surface area contributed by atoms with Gasteiger partial charge in [0.15, 0.2) is 0 Å². The van der Waals surface area contributed by atoms with E-state index >= 15 is 0 Å². The zero-order valence-corrected chi connectivity index (χ0v) is 11.5. The van der Waals surface area contributed by atoms with Gasteiger partial charge in [-0.15, -0.1) is 0 Å². The van der Waals surface area contributed by atoms with Crippen LogP contribution in [0, 0.1) is 16.0 Å². The lowest BCUT2D eigenvalue weighted by atomic mass is 10.0. The van der Waals surface area contributed by atoms with E-state index < -0.39 is 4.92 Å². The summed E-state index contributed by atoms with van der Waals surface area (Å²) in [6, 6.07) is 4.12. The molecule has 20 heavy (non-hydrogen) atoms. The van der Waals surface area contributed by atoms with Crippen molar-refractivity contribution in [2.24, 2.45) is 5.92 Å². The second kappa shape index (κ2) is 5.75. The van der Waals surface area contributed by atoms with Crippen molar-refractivity contribution >= 4 is 11.5 Å². The van der Waals surface area contributed by atoms with Gasteiger partial charge in [-0.25, -0.2) is 0 Å². The summed E-state index contributed by atoms with van der Waals surface area (Å²) in [5.41, 5.74) is 0.651. The largest absolute Gasteiger partial charge is 0.387 e. The van der Waals surface area contributed by atoms with Crippen molar-refractivity contribution in [1.82, 2.24) is 10.3 Å². The molecule has 1 aliphatic heterocycles. The van der Waals surface area contributed by atoms with E-state index in [2.05, 4.69) is 15.2 Å². The molecule has 2 heterocycles. The van der Waals surface area contributed by atoms with Gasteiger partial charge < -0.3 is 20.3 Å². The lowest BCUT2D eigenvalue weighted by molar-refractivity contribution is -0.388. The minimum absolute atomic E-state index is 0.0307. The maximum atomic E-state index is 11.0. The van der Waals surface area contributed by atoms with Gasteiger partial charge in [0.2, 0.25) is 0 Å². The van der Waals surface area contributed by atoms with Gasteiger partial charge in [-0.2, -0.15) is 0 Å². The van der Waals surface area contributed by atoms with E-state index in [1.165, 1.54) is 19.0 Å². The smallest absolute Gasteiger partial charge is 0.365 e. The molecule has 0 spiro atoms. The number of nitrogens with one attached hydrogen (secondary N) is 1. The SMILES string of the molecule is O=[N+]([O-])c1ncccc1N1CCC(NCC2CC2)CC1. The number of pyridine rings is 1. The van der Waals surface area contributed by atoms with Gasteiger partial charge in [0.1, 0.15) is 11.9 Å². The maximum absolute atomic E-state index is 11.0. The maximum Gasteiger partial charge on any atom is 0.387 e. The standard InChI is InChI=1S/C14H20N4O2/c19-18(20)14-13(2-1-7-15-14)17-8-5-12(6-9-17)16-10-11-3-4-11/h1-2,7,11-12,16H,3-6,8-10H2. The second-order valence-corrected chi connectivity index (χ2v) is 5.72. The van der Waals surface area contributed by atoms with E-state index in [0.717, 1.165) is 38.4 Å². The number of piperidine rings is 1. The number of anilines is 1. The molecule has 0 atom stereocenters. The highest BCUT2D eigenvalue weighted by Gasteiger charge is 2.27. The zero-order chi connectivity index (χ0) is 13.9. The fraction of sp³-hybridized carbons (Fsp3) is 0.643. The summed E-state index contributed by atoms with van der Waals surface area (Å²) < 4.78 is 0. The van der Waals surface area contributed by atoms with Crippen molar-refractivity contribution in [3.05, 3.63) is 28.4 Å². The Labute approximate surface area is 118 Å². The van der Waals surface area contributed by atoms with Crippen LogP contribution < -0.4 is 10.2 Å². The Hall–Kier alpha value is -1.69. The summed E-state index contributed by atoms with van der Waals surface area (Å²) in [6.07, 6.45) is 6.30. The lowest BCUT2D eigenvalue weighted by Crippen LogP contribution is -2.43. The van der Waals surface area contributed by atoms with Crippen LogP contribution in [0.3, 0.4) is 0 Å². The summed E-state index contributed by atoms with van der Waals surface area (Å²) in [5, 5.41) is 14.6. The van der Waals surface area contributed by atoms with Crippen LogP contribution in [0.15, 0.2) is 18.3 Å². The van der Waals surface area contributed by atoms with E-state index in [9.17, 15) is 10.1 Å². The predicted molar refractivity (Wildman–Crippen MR) is 76.9 cm³/mol. The minimum Gasteiger partial charge on any atom is -0.365 e. The molecule has 1 N–H and O–H groups in total. The molecule has 0 amide bonds. The van der Waals surface area contributed by atoms with Gasteiger partial charge in [-0.3, -0.25) is 0 Å². The number of hydrogen-bond acceptors (Lipinski definition) is 5. The van der Waals surface area contributed by atoms with Crippen molar-refractivity contribution in [3.8, 4) is 0 Å². The third kappa shape index (κ3) is 3.07. The van der Waals surface area contributed by atoms with Crippen molar-refractivity contribution in [2.75, 3.05) is 24.5 Å². The molecule has 1 saturated heterocycles. The van der Waals surface area contributed by atoms with Crippen molar-refractivity contribution in [1.29, 1.82) is 0 Å². The fourth-order valence-corrected chi connectivity index (χ4v) is 2.76. The number of nitro groups is 1. The van der Waals surface area contributed by atoms with Gasteiger partial charge >= 0.3 is 5.82 Å². The first-order chi connectivity index (χ1) is 9.74. The Bertz CT molecular complexity index is 482. The molecule has 0 bridgehead atoms. The molecule has 1 saturated carbocycles. The Balaban J connectivity index is 1.58. The highest BCUT2D eigenvalue weighted by Crippen LogP contribution is 2.29. The normalized spacial score (nSPS) is 20.1. The van der Waals surface area contributed by atoms with Crippen molar-refractivity contribution in [3.63, 3.8) is 0 Å². The predicted octanol–water partition coefficient (Wildman–Crippen LogP) is 1.96. The molecule has 6 heteroatoms. The Morgan fingerprint density at radius 3 is 2.75 bits per heavy atom. The van der Waals surface area contributed by atoms with Gasteiger partial charge in [-0.05, 0) is 60.2 Å². The molecule has 0 radical (unpaired) electrons. The quantitative estimate of drug-likeness (QED) is 0.657. The van der Waals surface area contributed by atoms with Crippen LogP contribution in [-0.2, 0) is 0 Å². The van der Waals surface area contributed by atoms with Gasteiger partial charge in [0.05, 0.1) is 0 Å². The highest BCUT2D eigenvalue weighted by molar-refractivity contribution is 5.59. The van der Waals surface area contributed by atoms with Crippen LogP contribution in [0.5, 0.6) is 0 Å². The first-order valence-corrected chi connectivity index (χ1v) is 7.32. The van der Waals surface area contributed by atoms with E-state index in [1.807, 2.05) is 0 Å². The summed E-state index contributed by atoms with van der Waals surface area (Å²) in [6.45, 7) is 2.85. The summed E-state index contributed by atoms with van der Waals surface area (Å²) >= 11 is 0. The molecule has 108 valence electrons. The van der Waals surface area contributed by atoms with Crippen LogP contribution in [0.25, 0.3) is 0 Å². The topological polar surface area (TPSA) is 71.3 Å². The number of nitrogens with zero attached hydrogens (tertiary/aromatic N) is 3. The third-order valence-electron chi connectivity index (χ3n) is 4.17. The molecule has 1 aliphatic carbocycles. The van der Waals surface area contributed by atoms with Crippen molar-refractivity contribution < 1.29 is 4.92 Å². The van der Waals surface area contributed by atoms with Crippen LogP contribution in [-0.4, -0.2) is 35.6 Å². The second-order valence-electron chi connectivity index (χ2n) is 5.72. The Morgan fingerprint density at radius 2 is 2.10 bits per heavy atom. The molecule has 0 unspecified atom stereocenters. The fourth-order valence-electron chi connectivity index (χ4n) is 2.76. The number of rotatable bonds is 5. The molecular formula is C14H20N4O2. The van der Waals surface area contributed by atoms with Gasteiger partial charge in [-0.1, -0.05) is 0 Å². The molecule has 1 aromatic rings. The molecule has 0 aromatic carbocycles. The molecule has 3 rings (SSSR count). The van der Waals surface area contributed by atoms with Gasteiger partial charge in [0.25, 0.3) is 0 Å². The Kier molecular flexibility index (Phi) is 3.82. The number of aromatic nitrogens is 1. The average Bonchev–Trinajstić information content (AvgIpc) is 3.30. The summed E-state index contributed by atoms with van der Waals surface area (Å²) in [4.78, 5) is 16.6. The molecule has 2 fully saturated rings. The first kappa shape index (κ1) is 13.3. The third-order valence-corrected chi connectivity index (χ3v) is 4.17. The average molecular weight is 276 g/mol. The van der Waals surface area contributed by atoms with Gasteiger partial charge in [0, 0.05) is 19.1 Å². The summed E-state index contributed by atoms with van der Waals surface area (Å²) in [7, 11) is 0. The van der Waals surface area contributed by atoms with Crippen LogP contribution in [0.1, 0.15) is 25.7 Å². The van der Waals surface area contributed by atoms with Crippen LogP contribution in [0.2, 0.25) is 0 Å². The molecular weight excluding hydrogens is 256 g/mol. The molecule has 1 aromatic heterocycles. The highest BCUT2D eigenvalue weighted by atomic mass is 16.6. The monoisotopic (exact) mass is 276 g/mol. The van der Waals surface area contributed by atoms with Crippen molar-refractivity contribution in [2.45, 2.75) is 31.7 Å². The lowest BCUT2D eigenvalue weighted by Gasteiger charge is -2.33. The van der Waals surface area contributed by atoms with Crippen LogP contribution in [0.4, 0.5) is 11.5 Å². The number of hydrogen-bond donors (Lipinski definition) is 1. The Morgan fingerprint density at radius 1 is 1.35 bits per heavy atom. The van der Waals surface area contributed by atoms with E-state index in [4.69, 9.17) is 0 Å². The molecule has 2 aliphatic rings. The first-order valence-electron chi connectivity index (χ1n) is 7.32. The van der Waals surface area contributed by atoms with E-state index in [1.54, 1.807) is 12.1 Å². The van der Waals surface area contributed by atoms with E-state index in [0.29, 0.717) is 11.7 Å². The molecule has 6 nitrogen and oxygen atoms in total. The minimum atomic E-state index is -0.396. The van der Waals surface area contributed by atoms with Crippen LogP contribution >= 0.6 is 0 Å².